The van der Waals surface area contributed by atoms with Crippen molar-refractivity contribution in [3.63, 3.8) is 0 Å². The number of fused-ring (bicyclic) bond motifs is 1. The van der Waals surface area contributed by atoms with Crippen LogP contribution in [0, 0.1) is 13.8 Å². The van der Waals surface area contributed by atoms with E-state index in [1.165, 1.54) is 18.0 Å². The molecule has 0 unspecified atom stereocenters. The summed E-state index contributed by atoms with van der Waals surface area (Å²) in [5, 5.41) is 5.23. The normalized spacial score (nSPS) is 11.6. The van der Waals surface area contributed by atoms with Gasteiger partial charge in [-0.15, -0.1) is 0 Å². The smallest absolute Gasteiger partial charge is 0.262 e. The van der Waals surface area contributed by atoms with Crippen LogP contribution in [0.15, 0.2) is 34.3 Å². The van der Waals surface area contributed by atoms with E-state index < -0.39 is 0 Å². The van der Waals surface area contributed by atoms with Crippen molar-refractivity contribution in [3.05, 3.63) is 45.9 Å². The van der Waals surface area contributed by atoms with E-state index in [-0.39, 0.29) is 29.3 Å². The molecule has 0 aliphatic carbocycles. The first-order chi connectivity index (χ1) is 13.7. The summed E-state index contributed by atoms with van der Waals surface area (Å²) in [7, 11) is 0. The third kappa shape index (κ3) is 4.22. The number of benzene rings is 1. The van der Waals surface area contributed by atoms with Crippen molar-refractivity contribution in [1.82, 2.24) is 24.6 Å². The number of aromatic amines is 1. The molecule has 0 aliphatic rings. The van der Waals surface area contributed by atoms with Gasteiger partial charge in [0.25, 0.3) is 5.56 Å². The van der Waals surface area contributed by atoms with Crippen LogP contribution in [0.2, 0.25) is 0 Å². The van der Waals surface area contributed by atoms with Gasteiger partial charge in [0.2, 0.25) is 5.91 Å². The van der Waals surface area contributed by atoms with E-state index in [4.69, 9.17) is 0 Å². The Morgan fingerprint density at radius 1 is 1.21 bits per heavy atom. The number of H-pyrrole nitrogens is 1. The highest BCUT2D eigenvalue weighted by atomic mass is 32.2. The summed E-state index contributed by atoms with van der Waals surface area (Å²) >= 11 is 1.24. The highest BCUT2D eigenvalue weighted by Crippen LogP contribution is 2.22. The minimum atomic E-state index is -0.258. The lowest BCUT2D eigenvalue weighted by atomic mass is 10.1. The van der Waals surface area contributed by atoms with Crippen molar-refractivity contribution in [3.8, 4) is 5.69 Å². The lowest BCUT2D eigenvalue weighted by Crippen LogP contribution is -2.43. The molecule has 0 bridgehead atoms. The minimum absolute atomic E-state index is 0.0192. The molecule has 7 nitrogen and oxygen atoms in total. The number of rotatable bonds is 6. The third-order valence-electron chi connectivity index (χ3n) is 4.95. The summed E-state index contributed by atoms with van der Waals surface area (Å²) in [6.07, 6.45) is 1.53. The third-order valence-corrected chi connectivity index (χ3v) is 5.81. The van der Waals surface area contributed by atoms with Gasteiger partial charge in [0.05, 0.1) is 17.6 Å². The zero-order chi connectivity index (χ0) is 21.3. The van der Waals surface area contributed by atoms with E-state index in [2.05, 4.69) is 15.1 Å². The van der Waals surface area contributed by atoms with Crippen molar-refractivity contribution < 1.29 is 4.79 Å². The fraction of sp³-hybridized carbons (Fsp3) is 0.429. The number of nitrogens with zero attached hydrogens (tertiary/aromatic N) is 4. The number of thioether (sulfide) groups is 1. The van der Waals surface area contributed by atoms with Gasteiger partial charge >= 0.3 is 0 Å². The first-order valence-corrected chi connectivity index (χ1v) is 10.7. The molecule has 0 atom stereocenters. The Labute approximate surface area is 174 Å². The summed E-state index contributed by atoms with van der Waals surface area (Å²) in [6, 6.07) is 6.18. The molecule has 3 aromatic rings. The molecule has 0 saturated carbocycles. The molecule has 1 aromatic carbocycles. The molecule has 0 radical (unpaired) electrons. The van der Waals surface area contributed by atoms with E-state index in [1.54, 1.807) is 4.68 Å². The van der Waals surface area contributed by atoms with E-state index in [0.29, 0.717) is 16.2 Å². The largest absolute Gasteiger partial charge is 0.337 e. The quantitative estimate of drug-likeness (QED) is 0.494. The summed E-state index contributed by atoms with van der Waals surface area (Å²) in [6.45, 7) is 12.0. The fourth-order valence-corrected chi connectivity index (χ4v) is 4.21. The predicted octanol–water partition coefficient (Wildman–Crippen LogP) is 3.46. The summed E-state index contributed by atoms with van der Waals surface area (Å²) in [4.78, 5) is 34.4. The monoisotopic (exact) mass is 413 g/mol. The molecule has 1 amide bonds. The maximum absolute atomic E-state index is 12.6. The molecule has 2 aromatic heterocycles. The molecule has 154 valence electrons. The average molecular weight is 414 g/mol. The van der Waals surface area contributed by atoms with Crippen molar-refractivity contribution >= 4 is 28.7 Å². The Morgan fingerprint density at radius 2 is 1.90 bits per heavy atom. The Kier molecular flexibility index (Phi) is 6.12. The lowest BCUT2D eigenvalue weighted by Gasteiger charge is -2.30. The van der Waals surface area contributed by atoms with Crippen LogP contribution in [0.1, 0.15) is 38.8 Å². The Balaban J connectivity index is 1.94. The number of hydrogen-bond acceptors (Lipinski definition) is 5. The molecule has 8 heteroatoms. The minimum Gasteiger partial charge on any atom is -0.337 e. The van der Waals surface area contributed by atoms with Gasteiger partial charge < -0.3 is 9.88 Å². The number of carbonyl (C=O) groups excluding carboxylic acids is 1. The average Bonchev–Trinajstić information content (AvgIpc) is 3.06. The van der Waals surface area contributed by atoms with Gasteiger partial charge in [-0.3, -0.25) is 9.59 Å². The van der Waals surface area contributed by atoms with Crippen LogP contribution in [-0.4, -0.2) is 48.4 Å². The molecule has 0 aliphatic heterocycles. The molecule has 2 heterocycles. The number of carbonyl (C=O) groups is 1. The highest BCUT2D eigenvalue weighted by molar-refractivity contribution is 7.99. The summed E-state index contributed by atoms with van der Waals surface area (Å²) in [5.41, 5.74) is 3.33. The van der Waals surface area contributed by atoms with Crippen molar-refractivity contribution in [2.24, 2.45) is 0 Å². The van der Waals surface area contributed by atoms with Gasteiger partial charge in [-0.1, -0.05) is 23.9 Å². The number of amides is 1. The Morgan fingerprint density at radius 3 is 2.55 bits per heavy atom. The Bertz CT molecular complexity index is 1090. The van der Waals surface area contributed by atoms with Crippen LogP contribution in [0.5, 0.6) is 0 Å². The lowest BCUT2D eigenvalue weighted by molar-refractivity contribution is -0.131. The molecule has 0 spiro atoms. The Hall–Kier alpha value is -2.61. The molecule has 3 rings (SSSR count). The maximum Gasteiger partial charge on any atom is 0.262 e. The topological polar surface area (TPSA) is 83.9 Å². The second-order valence-corrected chi connectivity index (χ2v) is 8.62. The van der Waals surface area contributed by atoms with Crippen molar-refractivity contribution in [2.75, 3.05) is 5.75 Å². The fourth-order valence-electron chi connectivity index (χ4n) is 3.48. The first kappa shape index (κ1) is 21.1. The predicted molar refractivity (Wildman–Crippen MR) is 117 cm³/mol. The van der Waals surface area contributed by atoms with Gasteiger partial charge in [0.1, 0.15) is 5.39 Å². The first-order valence-electron chi connectivity index (χ1n) is 9.69. The van der Waals surface area contributed by atoms with Gasteiger partial charge in [0.15, 0.2) is 10.8 Å². The van der Waals surface area contributed by atoms with Crippen LogP contribution in [0.3, 0.4) is 0 Å². The van der Waals surface area contributed by atoms with E-state index in [9.17, 15) is 9.59 Å². The van der Waals surface area contributed by atoms with Crippen molar-refractivity contribution in [2.45, 2.75) is 58.8 Å². The molecule has 1 N–H and O–H groups in total. The number of nitrogens with one attached hydrogen (secondary N) is 1. The number of aromatic nitrogens is 4. The van der Waals surface area contributed by atoms with E-state index >= 15 is 0 Å². The molecular weight excluding hydrogens is 386 g/mol. The van der Waals surface area contributed by atoms with Gasteiger partial charge in [-0.25, -0.2) is 9.67 Å². The number of aryl methyl sites for hydroxylation is 1. The second kappa shape index (κ2) is 8.41. The molecular formula is C21H27N5O2S. The maximum atomic E-state index is 12.6. The van der Waals surface area contributed by atoms with Crippen LogP contribution in [0.25, 0.3) is 16.7 Å². The van der Waals surface area contributed by atoms with Crippen LogP contribution >= 0.6 is 11.8 Å². The SMILES string of the molecule is Cc1cccc(-n2ncc3c(=O)[nH]c(SCC(=O)N(C(C)C)C(C)C)nc32)c1C. The van der Waals surface area contributed by atoms with Gasteiger partial charge in [-0.05, 0) is 58.7 Å². The molecule has 0 fully saturated rings. The summed E-state index contributed by atoms with van der Waals surface area (Å²) < 4.78 is 1.69. The van der Waals surface area contributed by atoms with Crippen LogP contribution in [-0.2, 0) is 4.79 Å². The standard InChI is InChI=1S/C21H27N5O2S/c1-12(2)25(13(3)4)18(27)11-29-21-23-19-16(20(28)24-21)10-22-26(19)17-9-7-8-14(5)15(17)6/h7-10,12-13H,11H2,1-6H3,(H,23,24,28). The zero-order valence-electron chi connectivity index (χ0n) is 17.7. The van der Waals surface area contributed by atoms with Gasteiger partial charge in [-0.2, -0.15) is 5.10 Å². The van der Waals surface area contributed by atoms with Crippen molar-refractivity contribution in [1.29, 1.82) is 0 Å². The van der Waals surface area contributed by atoms with Crippen LogP contribution < -0.4 is 5.56 Å². The molecule has 0 saturated heterocycles. The second-order valence-electron chi connectivity index (χ2n) is 7.66. The summed E-state index contributed by atoms with van der Waals surface area (Å²) in [5.74, 6) is 0.230. The number of hydrogen-bond donors (Lipinski definition) is 1. The highest BCUT2D eigenvalue weighted by Gasteiger charge is 2.21. The molecule has 29 heavy (non-hydrogen) atoms. The van der Waals surface area contributed by atoms with Gasteiger partial charge in [0, 0.05) is 12.1 Å². The van der Waals surface area contributed by atoms with E-state index in [1.807, 2.05) is 64.6 Å². The van der Waals surface area contributed by atoms with E-state index in [0.717, 1.165) is 16.8 Å². The van der Waals surface area contributed by atoms with Crippen LogP contribution in [0.4, 0.5) is 0 Å². The zero-order valence-corrected chi connectivity index (χ0v) is 18.5.